The lowest BCUT2D eigenvalue weighted by atomic mass is 9.77. The number of rotatable bonds is 9. The number of carbonyl (C=O) groups is 3. The first-order valence-electron chi connectivity index (χ1n) is 16.0. The number of nitrogens with one attached hydrogen (secondary N) is 1. The molecule has 2 aliphatic heterocycles. The van der Waals surface area contributed by atoms with Crippen LogP contribution in [0.15, 0.2) is 78.9 Å². The second-order valence-corrected chi connectivity index (χ2v) is 12.6. The van der Waals surface area contributed by atoms with Gasteiger partial charge in [0.05, 0.1) is 11.7 Å². The normalized spacial score (nSPS) is 20.9. The van der Waals surface area contributed by atoms with E-state index in [0.717, 1.165) is 43.2 Å². The summed E-state index contributed by atoms with van der Waals surface area (Å²) in [5.41, 5.74) is 1.31. The number of piperidine rings is 1. The molecule has 3 aromatic carbocycles. The second kappa shape index (κ2) is 14.7. The highest BCUT2D eigenvalue weighted by Gasteiger charge is 2.55. The van der Waals surface area contributed by atoms with Gasteiger partial charge in [-0.15, -0.1) is 12.4 Å². The average Bonchev–Trinajstić information content (AvgIpc) is 3.07. The minimum Gasteiger partial charge on any atom is -0.478 e. The number of aromatic carboxylic acids is 1. The van der Waals surface area contributed by atoms with Crippen LogP contribution in [0.2, 0.25) is 0 Å². The molecule has 3 N–H and O–H groups in total. The lowest BCUT2D eigenvalue weighted by Gasteiger charge is -2.52. The quantitative estimate of drug-likeness (QED) is 0.284. The summed E-state index contributed by atoms with van der Waals surface area (Å²) < 4.78 is 5.87. The number of carboxylic acids is 1. The molecule has 1 aliphatic carbocycles. The molecule has 244 valence electrons. The van der Waals surface area contributed by atoms with Crippen LogP contribution >= 0.6 is 12.4 Å². The molecule has 10 heteroatoms. The van der Waals surface area contributed by atoms with Crippen molar-refractivity contribution in [2.45, 2.75) is 75.7 Å². The average molecular weight is 648 g/mol. The Labute approximate surface area is 276 Å². The fourth-order valence-corrected chi connectivity index (χ4v) is 7.11. The molecule has 1 spiro atoms. The number of halogens is 1. The van der Waals surface area contributed by atoms with Crippen molar-refractivity contribution in [1.82, 2.24) is 15.1 Å². The number of amides is 2. The van der Waals surface area contributed by atoms with Crippen LogP contribution in [-0.4, -0.2) is 68.6 Å². The van der Waals surface area contributed by atoms with Crippen LogP contribution in [0.5, 0.6) is 11.5 Å². The Morgan fingerprint density at radius 2 is 1.43 bits per heavy atom. The molecule has 2 heterocycles. The number of ether oxygens (including phenoxy) is 1. The van der Waals surface area contributed by atoms with Crippen LogP contribution < -0.4 is 10.1 Å². The summed E-state index contributed by atoms with van der Waals surface area (Å²) in [5, 5.41) is 23.4. The molecule has 9 nitrogen and oxygen atoms in total. The van der Waals surface area contributed by atoms with Crippen molar-refractivity contribution >= 4 is 30.2 Å². The number of piperazine rings is 1. The van der Waals surface area contributed by atoms with Gasteiger partial charge in [-0.1, -0.05) is 61.7 Å². The van der Waals surface area contributed by atoms with Gasteiger partial charge in [0.25, 0.3) is 0 Å². The third-order valence-corrected chi connectivity index (χ3v) is 9.77. The number of benzene rings is 3. The van der Waals surface area contributed by atoms with Gasteiger partial charge in [-0.3, -0.25) is 14.5 Å². The van der Waals surface area contributed by atoms with Crippen molar-refractivity contribution in [3.05, 3.63) is 95.6 Å². The maximum absolute atomic E-state index is 14.1. The molecule has 0 aromatic heterocycles. The molecule has 0 unspecified atom stereocenters. The lowest BCUT2D eigenvalue weighted by Crippen LogP contribution is -2.74. The van der Waals surface area contributed by atoms with Gasteiger partial charge in [0.1, 0.15) is 23.1 Å². The van der Waals surface area contributed by atoms with E-state index >= 15 is 0 Å². The van der Waals surface area contributed by atoms with E-state index in [2.05, 4.69) is 10.2 Å². The van der Waals surface area contributed by atoms with Crippen molar-refractivity contribution in [2.24, 2.45) is 5.92 Å². The topological polar surface area (TPSA) is 119 Å². The Balaban J connectivity index is 0.00000417. The number of aliphatic hydroxyl groups is 1. The fourth-order valence-electron chi connectivity index (χ4n) is 7.11. The zero-order valence-corrected chi connectivity index (χ0v) is 26.7. The highest BCUT2D eigenvalue weighted by molar-refractivity contribution is 6.00. The molecule has 6 rings (SSSR count). The Kier molecular flexibility index (Phi) is 10.7. The number of aliphatic hydroxyl groups excluding tert-OH is 1. The number of carbonyl (C=O) groups excluding carboxylic acids is 2. The SMILES string of the molecule is Cl.O=C(O)c1ccc(Oc2ccc(CN3CCC4(CC3)C(=O)N[C@H]([C@H](O)C3CCCCC3)C(=O)N4Cc3ccccc3)cc2)cc1. The lowest BCUT2D eigenvalue weighted by molar-refractivity contribution is -0.167. The molecule has 2 saturated heterocycles. The molecule has 3 aliphatic rings. The van der Waals surface area contributed by atoms with E-state index in [-0.39, 0.29) is 35.7 Å². The van der Waals surface area contributed by atoms with Gasteiger partial charge in [0, 0.05) is 26.2 Å². The number of hydrogen-bond acceptors (Lipinski definition) is 6. The second-order valence-electron chi connectivity index (χ2n) is 12.6. The number of likely N-dealkylation sites (tertiary alicyclic amines) is 1. The van der Waals surface area contributed by atoms with E-state index in [1.165, 1.54) is 12.1 Å². The summed E-state index contributed by atoms with van der Waals surface area (Å²) >= 11 is 0. The molecule has 1 saturated carbocycles. The highest BCUT2D eigenvalue weighted by atomic mass is 35.5. The van der Waals surface area contributed by atoms with Crippen molar-refractivity contribution in [3.63, 3.8) is 0 Å². The summed E-state index contributed by atoms with van der Waals surface area (Å²) in [5.74, 6) is -0.0848. The Hall–Kier alpha value is -3.92. The minimum absolute atomic E-state index is 0. The number of hydrogen-bond donors (Lipinski definition) is 3. The summed E-state index contributed by atoms with van der Waals surface area (Å²) in [6.45, 7) is 2.33. The molecule has 46 heavy (non-hydrogen) atoms. The monoisotopic (exact) mass is 647 g/mol. The Morgan fingerprint density at radius 1 is 0.848 bits per heavy atom. The van der Waals surface area contributed by atoms with E-state index in [9.17, 15) is 19.5 Å². The standard InChI is InChI=1S/C36H41N3O6.ClH/c40-32(27-9-5-2-6-10-27)31-33(41)39(24-25-7-3-1-4-8-25)36(35(44)37-31)19-21-38(22-20-36)23-26-11-15-29(16-12-26)45-30-17-13-28(14-18-30)34(42)43;/h1,3-4,7-8,11-18,27,31-32,40H,2,5-6,9-10,19-24H2,(H,37,44)(H,42,43);1H/t31-,32-;/m1./s1. The van der Waals surface area contributed by atoms with E-state index < -0.39 is 23.7 Å². The first kappa shape index (κ1) is 33.4. The fraction of sp³-hybridized carbons (Fsp3) is 0.417. The first-order valence-corrected chi connectivity index (χ1v) is 16.0. The van der Waals surface area contributed by atoms with Gasteiger partial charge in [0.2, 0.25) is 11.8 Å². The van der Waals surface area contributed by atoms with E-state index in [0.29, 0.717) is 50.5 Å². The number of nitrogens with zero attached hydrogens (tertiary/aromatic N) is 2. The maximum atomic E-state index is 14.1. The van der Waals surface area contributed by atoms with Crippen LogP contribution in [0.4, 0.5) is 0 Å². The van der Waals surface area contributed by atoms with Crippen molar-refractivity contribution < 1.29 is 29.3 Å². The van der Waals surface area contributed by atoms with E-state index in [1.807, 2.05) is 54.6 Å². The maximum Gasteiger partial charge on any atom is 0.335 e. The Bertz CT molecular complexity index is 1490. The molecule has 2 atom stereocenters. The Morgan fingerprint density at radius 3 is 2.04 bits per heavy atom. The smallest absolute Gasteiger partial charge is 0.335 e. The molecule has 0 bridgehead atoms. The van der Waals surface area contributed by atoms with Crippen LogP contribution in [0.3, 0.4) is 0 Å². The highest BCUT2D eigenvalue weighted by Crippen LogP contribution is 2.37. The summed E-state index contributed by atoms with van der Waals surface area (Å²) in [7, 11) is 0. The van der Waals surface area contributed by atoms with Gasteiger partial charge in [-0.25, -0.2) is 4.79 Å². The van der Waals surface area contributed by atoms with Gasteiger partial charge in [-0.05, 0) is 79.1 Å². The first-order chi connectivity index (χ1) is 21.8. The summed E-state index contributed by atoms with van der Waals surface area (Å²) in [6, 6.07) is 22.9. The predicted molar refractivity (Wildman–Crippen MR) is 176 cm³/mol. The summed E-state index contributed by atoms with van der Waals surface area (Å²) in [4.78, 5) is 43.2. The van der Waals surface area contributed by atoms with Gasteiger partial charge in [0.15, 0.2) is 0 Å². The van der Waals surface area contributed by atoms with Crippen molar-refractivity contribution in [2.75, 3.05) is 13.1 Å². The molecule has 2 amide bonds. The largest absolute Gasteiger partial charge is 0.478 e. The molecule has 3 fully saturated rings. The zero-order valence-electron chi connectivity index (χ0n) is 25.8. The number of carboxylic acid groups (broad SMARTS) is 1. The predicted octanol–water partition coefficient (Wildman–Crippen LogP) is 5.40. The van der Waals surface area contributed by atoms with Crippen LogP contribution in [0, 0.1) is 5.92 Å². The van der Waals surface area contributed by atoms with Crippen LogP contribution in [0.25, 0.3) is 0 Å². The molecular formula is C36H42ClN3O6. The third kappa shape index (κ3) is 7.22. The minimum atomic E-state index is -0.980. The van der Waals surface area contributed by atoms with Gasteiger partial charge < -0.3 is 25.2 Å². The zero-order chi connectivity index (χ0) is 31.4. The van der Waals surface area contributed by atoms with Gasteiger partial charge >= 0.3 is 5.97 Å². The van der Waals surface area contributed by atoms with E-state index in [1.54, 1.807) is 17.0 Å². The van der Waals surface area contributed by atoms with Crippen LogP contribution in [-0.2, 0) is 22.7 Å². The van der Waals surface area contributed by atoms with Crippen LogP contribution in [0.1, 0.15) is 66.4 Å². The van der Waals surface area contributed by atoms with Gasteiger partial charge in [-0.2, -0.15) is 0 Å². The molecular weight excluding hydrogens is 606 g/mol. The van der Waals surface area contributed by atoms with Crippen molar-refractivity contribution in [3.8, 4) is 11.5 Å². The molecule has 3 aromatic rings. The van der Waals surface area contributed by atoms with E-state index in [4.69, 9.17) is 9.84 Å². The molecule has 0 radical (unpaired) electrons. The van der Waals surface area contributed by atoms with Crippen molar-refractivity contribution in [1.29, 1.82) is 0 Å². The summed E-state index contributed by atoms with van der Waals surface area (Å²) in [6.07, 6.45) is 5.14. The third-order valence-electron chi connectivity index (χ3n) is 9.77.